The van der Waals surface area contributed by atoms with Crippen LogP contribution in [0.25, 0.3) is 10.9 Å². The molecule has 0 atom stereocenters. The van der Waals surface area contributed by atoms with Gasteiger partial charge in [-0.25, -0.2) is 4.98 Å². The van der Waals surface area contributed by atoms with E-state index >= 15 is 0 Å². The molecule has 106 valence electrons. The van der Waals surface area contributed by atoms with E-state index in [1.807, 2.05) is 24.3 Å². The first kappa shape index (κ1) is 13.4. The van der Waals surface area contributed by atoms with Crippen LogP contribution in [0.3, 0.4) is 0 Å². The number of nitrogens with two attached hydrogens (primary N) is 1. The topological polar surface area (TPSA) is 59.2 Å². The smallest absolute Gasteiger partial charge is 0.273 e. The molecule has 2 aromatic rings. The zero-order chi connectivity index (χ0) is 14.8. The molecule has 2 N–H and O–H groups in total. The number of carbonyl (C=O) groups excluding carboxylic acids is 1. The lowest BCUT2D eigenvalue weighted by molar-refractivity contribution is 0.0764. The van der Waals surface area contributed by atoms with Crippen molar-refractivity contribution in [2.45, 2.75) is 12.8 Å². The minimum Gasteiger partial charge on any atom is -0.398 e. The van der Waals surface area contributed by atoms with Gasteiger partial charge in [-0.3, -0.25) is 4.79 Å². The van der Waals surface area contributed by atoms with Gasteiger partial charge in [0.05, 0.1) is 12.1 Å². The number of fused-ring (bicyclic) bond motifs is 1. The number of pyridine rings is 1. The third kappa shape index (κ3) is 2.82. The van der Waals surface area contributed by atoms with Gasteiger partial charge in [-0.05, 0) is 30.9 Å². The summed E-state index contributed by atoms with van der Waals surface area (Å²) >= 11 is 0. The van der Waals surface area contributed by atoms with Crippen molar-refractivity contribution in [2.75, 3.05) is 18.8 Å². The summed E-state index contributed by atoms with van der Waals surface area (Å²) in [6, 6.07) is 9.18. The molecule has 1 aliphatic rings. The summed E-state index contributed by atoms with van der Waals surface area (Å²) in [7, 11) is 0. The Kier molecular flexibility index (Phi) is 3.49. The zero-order valence-corrected chi connectivity index (χ0v) is 11.7. The van der Waals surface area contributed by atoms with Crippen molar-refractivity contribution in [2.24, 2.45) is 5.92 Å². The number of anilines is 1. The predicted octanol–water partition coefficient (Wildman–Crippen LogP) is 2.30. The monoisotopic (exact) mass is 279 g/mol. The number of nitrogens with zero attached hydrogens (tertiary/aromatic N) is 2. The lowest BCUT2D eigenvalue weighted by atomic mass is 10.1. The van der Waals surface area contributed by atoms with E-state index in [9.17, 15) is 4.79 Å². The van der Waals surface area contributed by atoms with Gasteiger partial charge in [-0.15, -0.1) is 6.42 Å². The molecule has 0 spiro atoms. The average Bonchev–Trinajstić information content (AvgIpc) is 3.30. The molecule has 1 aromatic carbocycles. The molecule has 4 heteroatoms. The van der Waals surface area contributed by atoms with Crippen LogP contribution in [0.4, 0.5) is 5.69 Å². The molecule has 1 amide bonds. The fourth-order valence-corrected chi connectivity index (χ4v) is 2.42. The predicted molar refractivity (Wildman–Crippen MR) is 83.6 cm³/mol. The number of aromatic nitrogens is 1. The summed E-state index contributed by atoms with van der Waals surface area (Å²) < 4.78 is 0. The Bertz CT molecular complexity index is 728. The summed E-state index contributed by atoms with van der Waals surface area (Å²) in [5, 5.41) is 0.861. The van der Waals surface area contributed by atoms with E-state index < -0.39 is 0 Å². The first-order chi connectivity index (χ1) is 10.2. The van der Waals surface area contributed by atoms with Gasteiger partial charge in [0.2, 0.25) is 0 Å². The first-order valence-electron chi connectivity index (χ1n) is 7.07. The SMILES string of the molecule is C#CCN(CC1CC1)C(=O)c1cc(N)c2ccccc2n1. The second kappa shape index (κ2) is 5.45. The van der Waals surface area contributed by atoms with Crippen molar-refractivity contribution in [3.63, 3.8) is 0 Å². The molecule has 3 rings (SSSR count). The van der Waals surface area contributed by atoms with Crippen LogP contribution >= 0.6 is 0 Å². The van der Waals surface area contributed by atoms with E-state index in [1.54, 1.807) is 11.0 Å². The van der Waals surface area contributed by atoms with Crippen molar-refractivity contribution in [3.05, 3.63) is 36.0 Å². The van der Waals surface area contributed by atoms with Crippen LogP contribution in [0.1, 0.15) is 23.3 Å². The van der Waals surface area contributed by atoms with E-state index in [0.717, 1.165) is 10.9 Å². The number of para-hydroxylation sites is 1. The summed E-state index contributed by atoms with van der Waals surface area (Å²) in [5.41, 5.74) is 7.69. The first-order valence-corrected chi connectivity index (χ1v) is 7.07. The van der Waals surface area contributed by atoms with Crippen molar-refractivity contribution in [1.29, 1.82) is 0 Å². The van der Waals surface area contributed by atoms with Crippen molar-refractivity contribution < 1.29 is 4.79 Å². The van der Waals surface area contributed by atoms with Crippen LogP contribution in [-0.2, 0) is 0 Å². The van der Waals surface area contributed by atoms with Gasteiger partial charge in [0.25, 0.3) is 5.91 Å². The standard InChI is InChI=1S/C17H17N3O/c1-2-9-20(11-12-7-8-12)17(21)16-10-14(18)13-5-3-4-6-15(13)19-16/h1,3-6,10,12H,7-9,11H2,(H2,18,19). The molecule has 1 fully saturated rings. The zero-order valence-electron chi connectivity index (χ0n) is 11.7. The number of amides is 1. The lowest BCUT2D eigenvalue weighted by Crippen LogP contribution is -2.34. The number of rotatable bonds is 4. The quantitative estimate of drug-likeness (QED) is 0.874. The third-order valence-electron chi connectivity index (χ3n) is 3.71. The van der Waals surface area contributed by atoms with Gasteiger partial charge < -0.3 is 10.6 Å². The van der Waals surface area contributed by atoms with Gasteiger partial charge in [-0.2, -0.15) is 0 Å². The molecule has 0 saturated heterocycles. The van der Waals surface area contributed by atoms with E-state index in [2.05, 4.69) is 10.9 Å². The van der Waals surface area contributed by atoms with Crippen LogP contribution in [0.2, 0.25) is 0 Å². The number of hydrogen-bond acceptors (Lipinski definition) is 3. The maximum atomic E-state index is 12.6. The Hall–Kier alpha value is -2.54. The molecule has 1 saturated carbocycles. The van der Waals surface area contributed by atoms with Gasteiger partial charge >= 0.3 is 0 Å². The van der Waals surface area contributed by atoms with Gasteiger partial charge in [0, 0.05) is 17.6 Å². The molecule has 1 aromatic heterocycles. The summed E-state index contributed by atoms with van der Waals surface area (Å²) in [5.74, 6) is 2.99. The maximum Gasteiger partial charge on any atom is 0.273 e. The second-order valence-corrected chi connectivity index (χ2v) is 5.45. The Balaban J connectivity index is 1.94. The van der Waals surface area contributed by atoms with Crippen LogP contribution in [0, 0.1) is 18.3 Å². The number of terminal acetylenes is 1. The average molecular weight is 279 g/mol. The van der Waals surface area contributed by atoms with E-state index in [4.69, 9.17) is 12.2 Å². The number of carbonyl (C=O) groups is 1. The molecule has 0 radical (unpaired) electrons. The van der Waals surface area contributed by atoms with Gasteiger partial charge in [-0.1, -0.05) is 24.1 Å². The van der Waals surface area contributed by atoms with Gasteiger partial charge in [0.1, 0.15) is 5.69 Å². The highest BCUT2D eigenvalue weighted by molar-refractivity contribution is 5.99. The van der Waals surface area contributed by atoms with E-state index in [1.165, 1.54) is 12.8 Å². The summed E-state index contributed by atoms with van der Waals surface area (Å²) in [4.78, 5) is 18.7. The highest BCUT2D eigenvalue weighted by Gasteiger charge is 2.27. The minimum atomic E-state index is -0.141. The molecule has 21 heavy (non-hydrogen) atoms. The molecule has 4 nitrogen and oxygen atoms in total. The van der Waals surface area contributed by atoms with Crippen LogP contribution in [0.15, 0.2) is 30.3 Å². The minimum absolute atomic E-state index is 0.141. The fraction of sp³-hybridized carbons (Fsp3) is 0.294. The van der Waals surface area contributed by atoms with Crippen LogP contribution in [-0.4, -0.2) is 28.9 Å². The van der Waals surface area contributed by atoms with E-state index in [0.29, 0.717) is 30.4 Å². The van der Waals surface area contributed by atoms with Crippen molar-refractivity contribution >= 4 is 22.5 Å². The van der Waals surface area contributed by atoms with E-state index in [-0.39, 0.29) is 5.91 Å². The second-order valence-electron chi connectivity index (χ2n) is 5.45. The Morgan fingerprint density at radius 1 is 1.43 bits per heavy atom. The fourth-order valence-electron chi connectivity index (χ4n) is 2.42. The third-order valence-corrected chi connectivity index (χ3v) is 3.71. The number of hydrogen-bond donors (Lipinski definition) is 1. The van der Waals surface area contributed by atoms with Crippen molar-refractivity contribution in [3.8, 4) is 12.3 Å². The molecule has 0 aliphatic heterocycles. The summed E-state index contributed by atoms with van der Waals surface area (Å²) in [6.07, 6.45) is 7.71. The molecular weight excluding hydrogens is 262 g/mol. The molecular formula is C17H17N3O. The Morgan fingerprint density at radius 3 is 2.90 bits per heavy atom. The highest BCUT2D eigenvalue weighted by atomic mass is 16.2. The van der Waals surface area contributed by atoms with Crippen molar-refractivity contribution in [1.82, 2.24) is 9.88 Å². The molecule has 1 heterocycles. The Morgan fingerprint density at radius 2 is 2.19 bits per heavy atom. The normalized spacial score (nSPS) is 13.9. The largest absolute Gasteiger partial charge is 0.398 e. The molecule has 0 bridgehead atoms. The maximum absolute atomic E-state index is 12.6. The van der Waals surface area contributed by atoms with Crippen LogP contribution < -0.4 is 5.73 Å². The van der Waals surface area contributed by atoms with Crippen LogP contribution in [0.5, 0.6) is 0 Å². The summed E-state index contributed by atoms with van der Waals surface area (Å²) in [6.45, 7) is 1.02. The number of nitrogen functional groups attached to an aromatic ring is 1. The lowest BCUT2D eigenvalue weighted by Gasteiger charge is -2.20. The highest BCUT2D eigenvalue weighted by Crippen LogP contribution is 2.30. The van der Waals surface area contributed by atoms with Gasteiger partial charge in [0.15, 0.2) is 0 Å². The number of benzene rings is 1. The molecule has 1 aliphatic carbocycles. The Labute approximate surface area is 124 Å². The molecule has 0 unspecified atom stereocenters.